The number of hydrogen-bond donors (Lipinski definition) is 1. The van der Waals surface area contributed by atoms with E-state index >= 15 is 0 Å². The summed E-state index contributed by atoms with van der Waals surface area (Å²) in [5, 5.41) is 9.28. The molecule has 1 N–H and O–H groups in total. The lowest BCUT2D eigenvalue weighted by Gasteiger charge is -2.15. The van der Waals surface area contributed by atoms with E-state index in [9.17, 15) is 19.5 Å². The summed E-state index contributed by atoms with van der Waals surface area (Å²) in [6.45, 7) is 1.79. The van der Waals surface area contributed by atoms with Crippen LogP contribution in [0.15, 0.2) is 73.1 Å². The van der Waals surface area contributed by atoms with Gasteiger partial charge in [0.05, 0.1) is 41.5 Å². The predicted octanol–water partition coefficient (Wildman–Crippen LogP) is 4.29. The molecule has 2 aromatic carbocycles. The summed E-state index contributed by atoms with van der Waals surface area (Å²) >= 11 is 0. The summed E-state index contributed by atoms with van der Waals surface area (Å²) < 4.78 is 5.68. The Hall–Kier alpha value is -4.85. The van der Waals surface area contributed by atoms with Gasteiger partial charge in [0.1, 0.15) is 18.1 Å². The summed E-state index contributed by atoms with van der Waals surface area (Å²) in [5.41, 5.74) is 5.51. The lowest BCUT2D eigenvalue weighted by atomic mass is 10.1. The van der Waals surface area contributed by atoms with Gasteiger partial charge in [-0.05, 0) is 18.6 Å². The number of aromatic nitrogens is 2. The molecular formula is C30H23N3O5. The number of ether oxygens (including phenoxy) is 1. The molecule has 1 amide bonds. The highest BCUT2D eigenvalue weighted by Gasteiger charge is 2.29. The maximum atomic E-state index is 12.4. The van der Waals surface area contributed by atoms with E-state index in [1.807, 2.05) is 47.4 Å². The zero-order valence-electron chi connectivity index (χ0n) is 20.4. The largest absolute Gasteiger partial charge is 0.506 e. The second-order valence-corrected chi connectivity index (χ2v) is 9.24. The number of hydrogen-bond acceptors (Lipinski definition) is 7. The highest BCUT2D eigenvalue weighted by atomic mass is 16.5. The van der Waals surface area contributed by atoms with Crippen LogP contribution in [-0.2, 0) is 4.79 Å². The van der Waals surface area contributed by atoms with Gasteiger partial charge in [-0.2, -0.15) is 0 Å². The quantitative estimate of drug-likeness (QED) is 0.381. The van der Waals surface area contributed by atoms with Crippen molar-refractivity contribution in [2.75, 3.05) is 19.7 Å². The lowest BCUT2D eigenvalue weighted by Crippen LogP contribution is -2.29. The summed E-state index contributed by atoms with van der Waals surface area (Å²) in [6.07, 6.45) is 4.55. The molecule has 8 nitrogen and oxygen atoms in total. The molecule has 0 bridgehead atoms. The van der Waals surface area contributed by atoms with E-state index in [1.165, 1.54) is 12.3 Å². The minimum absolute atomic E-state index is 0.0109. The van der Waals surface area contributed by atoms with E-state index in [-0.39, 0.29) is 23.2 Å². The average Bonchev–Trinajstić information content (AvgIpc) is 3.57. The third-order valence-corrected chi connectivity index (χ3v) is 6.88. The second kappa shape index (κ2) is 9.55. The van der Waals surface area contributed by atoms with Crippen molar-refractivity contribution in [2.24, 2.45) is 0 Å². The Labute approximate surface area is 218 Å². The Morgan fingerprint density at radius 2 is 1.34 bits per heavy atom. The molecular weight excluding hydrogens is 482 g/mol. The molecule has 2 aliphatic carbocycles. The minimum atomic E-state index is -0.0657. The first-order valence-corrected chi connectivity index (χ1v) is 12.4. The first-order chi connectivity index (χ1) is 18.5. The molecule has 0 atom stereocenters. The molecule has 38 heavy (non-hydrogen) atoms. The van der Waals surface area contributed by atoms with Gasteiger partial charge in [-0.3, -0.25) is 24.4 Å². The average molecular weight is 506 g/mol. The summed E-state index contributed by atoms with van der Waals surface area (Å²) in [4.78, 5) is 46.1. The Morgan fingerprint density at radius 3 is 1.95 bits per heavy atom. The zero-order valence-corrected chi connectivity index (χ0v) is 20.4. The van der Waals surface area contributed by atoms with Gasteiger partial charge >= 0.3 is 0 Å². The molecule has 3 aliphatic rings. The van der Waals surface area contributed by atoms with Crippen LogP contribution in [0.5, 0.6) is 11.5 Å². The number of pyridine rings is 2. The molecule has 1 saturated heterocycles. The lowest BCUT2D eigenvalue weighted by molar-refractivity contribution is -0.128. The van der Waals surface area contributed by atoms with Gasteiger partial charge in [-0.1, -0.05) is 48.5 Å². The second-order valence-electron chi connectivity index (χ2n) is 9.24. The van der Waals surface area contributed by atoms with Crippen molar-refractivity contribution in [1.29, 1.82) is 0 Å². The molecule has 0 saturated carbocycles. The van der Waals surface area contributed by atoms with Gasteiger partial charge < -0.3 is 14.7 Å². The summed E-state index contributed by atoms with van der Waals surface area (Å²) in [6, 6.07) is 18.0. The van der Waals surface area contributed by atoms with Gasteiger partial charge in [0.15, 0.2) is 11.6 Å². The molecule has 0 unspecified atom stereocenters. The number of rotatable bonds is 4. The first-order valence-electron chi connectivity index (χ1n) is 12.4. The monoisotopic (exact) mass is 505 g/mol. The molecule has 8 heteroatoms. The van der Waals surface area contributed by atoms with Gasteiger partial charge in [0, 0.05) is 35.2 Å². The smallest absolute Gasteiger partial charge is 0.222 e. The van der Waals surface area contributed by atoms with Crippen molar-refractivity contribution < 1.29 is 24.2 Å². The molecule has 0 radical (unpaired) electrons. The molecule has 0 spiro atoms. The zero-order chi connectivity index (χ0) is 26.2. The molecule has 1 fully saturated rings. The van der Waals surface area contributed by atoms with E-state index in [0.717, 1.165) is 24.1 Å². The molecule has 7 rings (SSSR count). The highest BCUT2D eigenvalue weighted by Crippen LogP contribution is 2.37. The van der Waals surface area contributed by atoms with E-state index < -0.39 is 0 Å². The Morgan fingerprint density at radius 1 is 0.763 bits per heavy atom. The van der Waals surface area contributed by atoms with Gasteiger partial charge in [-0.25, -0.2) is 0 Å². The van der Waals surface area contributed by atoms with Crippen LogP contribution in [-0.4, -0.2) is 57.1 Å². The van der Waals surface area contributed by atoms with Crippen molar-refractivity contribution in [3.05, 3.63) is 95.3 Å². The number of carbonyl (C=O) groups is 3. The standard InChI is InChI=1S/C18H16N2O3.C12H7NO2/c21-16-6-3-7-20(16)8-9-23-12-10-15-17(19-11-12)13-4-1-2-5-14(13)18(15)22;14-7-5-10-11(13-6-7)8-3-1-2-4-9(8)12(10)15/h1-2,4-5,10-11H,3,6-9H2;1-6,14H. The van der Waals surface area contributed by atoms with Crippen molar-refractivity contribution in [1.82, 2.24) is 14.9 Å². The SMILES string of the molecule is O=C1c2ccccc2-c2ncc(O)cc21.O=C1c2ccccc2-c2ncc(OCCN3CCCC3=O)cc21. The number of amides is 1. The Balaban J connectivity index is 0.000000152. The normalized spacial score (nSPS) is 14.4. The van der Waals surface area contributed by atoms with Crippen LogP contribution in [0, 0.1) is 0 Å². The summed E-state index contributed by atoms with van der Waals surface area (Å²) in [7, 11) is 0. The van der Waals surface area contributed by atoms with Crippen molar-refractivity contribution in [3.63, 3.8) is 0 Å². The van der Waals surface area contributed by atoms with Crippen molar-refractivity contribution in [2.45, 2.75) is 12.8 Å². The molecule has 188 valence electrons. The Bertz CT molecular complexity index is 1610. The number of nitrogens with zero attached hydrogens (tertiary/aromatic N) is 3. The van der Waals surface area contributed by atoms with Crippen LogP contribution >= 0.6 is 0 Å². The fourth-order valence-corrected chi connectivity index (χ4v) is 5.03. The number of fused-ring (bicyclic) bond motifs is 6. The molecule has 2 aromatic heterocycles. The number of likely N-dealkylation sites (tertiary alicyclic amines) is 1. The molecule has 4 aromatic rings. The summed E-state index contributed by atoms with van der Waals surface area (Å²) in [5.74, 6) is 0.699. The molecule has 1 aliphatic heterocycles. The maximum absolute atomic E-state index is 12.4. The fourth-order valence-electron chi connectivity index (χ4n) is 5.03. The predicted molar refractivity (Wildman–Crippen MR) is 139 cm³/mol. The van der Waals surface area contributed by atoms with Crippen molar-refractivity contribution in [3.8, 4) is 34.0 Å². The Kier molecular flexibility index (Phi) is 5.92. The third kappa shape index (κ3) is 4.10. The number of aromatic hydroxyl groups is 1. The van der Waals surface area contributed by atoms with Gasteiger partial charge in [0.25, 0.3) is 0 Å². The van der Waals surface area contributed by atoms with Crippen LogP contribution < -0.4 is 4.74 Å². The van der Waals surface area contributed by atoms with Crippen LogP contribution in [0.25, 0.3) is 22.5 Å². The topological polar surface area (TPSA) is 110 Å². The van der Waals surface area contributed by atoms with Crippen molar-refractivity contribution >= 4 is 17.5 Å². The number of benzene rings is 2. The van der Waals surface area contributed by atoms with E-state index in [1.54, 1.807) is 18.3 Å². The van der Waals surface area contributed by atoms with Crippen LogP contribution in [0.1, 0.15) is 44.7 Å². The highest BCUT2D eigenvalue weighted by molar-refractivity contribution is 6.21. The minimum Gasteiger partial charge on any atom is -0.506 e. The van der Waals surface area contributed by atoms with E-state index in [2.05, 4.69) is 9.97 Å². The van der Waals surface area contributed by atoms with Crippen LogP contribution in [0.3, 0.4) is 0 Å². The van der Waals surface area contributed by atoms with Gasteiger partial charge in [-0.15, -0.1) is 0 Å². The van der Waals surface area contributed by atoms with E-state index in [4.69, 9.17) is 4.74 Å². The van der Waals surface area contributed by atoms with E-state index in [0.29, 0.717) is 59.0 Å². The van der Waals surface area contributed by atoms with Crippen LogP contribution in [0.4, 0.5) is 0 Å². The van der Waals surface area contributed by atoms with Gasteiger partial charge in [0.2, 0.25) is 5.91 Å². The van der Waals surface area contributed by atoms with Crippen LogP contribution in [0.2, 0.25) is 0 Å². The number of ketones is 2. The maximum Gasteiger partial charge on any atom is 0.222 e. The fraction of sp³-hybridized carbons (Fsp3) is 0.167. The first kappa shape index (κ1) is 23.5. The third-order valence-electron chi connectivity index (χ3n) is 6.88. The number of carbonyl (C=O) groups excluding carboxylic acids is 3. The molecule has 3 heterocycles.